The summed E-state index contributed by atoms with van der Waals surface area (Å²) in [6.45, 7) is 0.735. The molecule has 0 bridgehead atoms. The molecule has 0 aromatic heterocycles. The third-order valence-corrected chi connectivity index (χ3v) is 3.01. The van der Waals surface area contributed by atoms with Gasteiger partial charge in [0.2, 0.25) is 0 Å². The Balaban J connectivity index is 2.06. The molecule has 1 saturated carbocycles. The second kappa shape index (κ2) is 4.23. The number of aromatic carboxylic acids is 1. The third kappa shape index (κ3) is 2.72. The van der Waals surface area contributed by atoms with E-state index in [1.807, 2.05) is 0 Å². The van der Waals surface area contributed by atoms with E-state index in [0.717, 1.165) is 12.4 Å². The molecule has 0 saturated heterocycles. The zero-order chi connectivity index (χ0) is 10.8. The third-order valence-electron chi connectivity index (χ3n) is 2.35. The van der Waals surface area contributed by atoms with E-state index in [4.69, 9.17) is 9.84 Å². The molecule has 0 heterocycles. The molecule has 80 valence electrons. The molecular formula is C11H11BrO3. The molecular weight excluding hydrogens is 260 g/mol. The van der Waals surface area contributed by atoms with Gasteiger partial charge in [0.15, 0.2) is 0 Å². The molecule has 0 atom stereocenters. The van der Waals surface area contributed by atoms with E-state index in [1.54, 1.807) is 18.2 Å². The highest BCUT2D eigenvalue weighted by atomic mass is 79.9. The molecule has 0 radical (unpaired) electrons. The Hall–Kier alpha value is -1.03. The van der Waals surface area contributed by atoms with Gasteiger partial charge in [0, 0.05) is 4.47 Å². The van der Waals surface area contributed by atoms with Crippen molar-refractivity contribution in [2.75, 3.05) is 6.61 Å². The summed E-state index contributed by atoms with van der Waals surface area (Å²) in [7, 11) is 0. The van der Waals surface area contributed by atoms with Crippen LogP contribution in [-0.2, 0) is 0 Å². The van der Waals surface area contributed by atoms with Crippen LogP contribution < -0.4 is 4.74 Å². The highest BCUT2D eigenvalue weighted by molar-refractivity contribution is 9.10. The standard InChI is InChI=1S/C11H11BrO3/c12-10-5-8(15-6-7-1-2-7)3-4-9(10)11(13)14/h3-5,7H,1-2,6H2,(H,13,14). The minimum absolute atomic E-state index is 0.258. The van der Waals surface area contributed by atoms with Gasteiger partial charge in [-0.25, -0.2) is 4.79 Å². The normalized spacial score (nSPS) is 15.0. The van der Waals surface area contributed by atoms with Gasteiger partial charge in [-0.15, -0.1) is 0 Å². The van der Waals surface area contributed by atoms with Crippen molar-refractivity contribution in [1.82, 2.24) is 0 Å². The Morgan fingerprint density at radius 2 is 2.27 bits per heavy atom. The number of carbonyl (C=O) groups is 1. The summed E-state index contributed by atoms with van der Waals surface area (Å²) in [5, 5.41) is 8.81. The predicted molar refractivity (Wildman–Crippen MR) is 59.3 cm³/mol. The lowest BCUT2D eigenvalue weighted by Gasteiger charge is -2.06. The smallest absolute Gasteiger partial charge is 0.336 e. The SMILES string of the molecule is O=C(O)c1ccc(OCC2CC2)cc1Br. The average molecular weight is 271 g/mol. The van der Waals surface area contributed by atoms with Gasteiger partial charge in [-0.2, -0.15) is 0 Å². The van der Waals surface area contributed by atoms with Crippen LogP contribution in [0.15, 0.2) is 22.7 Å². The van der Waals surface area contributed by atoms with Crippen LogP contribution in [0.25, 0.3) is 0 Å². The number of halogens is 1. The van der Waals surface area contributed by atoms with Crippen LogP contribution in [-0.4, -0.2) is 17.7 Å². The second-order valence-electron chi connectivity index (χ2n) is 3.70. The topological polar surface area (TPSA) is 46.5 Å². The zero-order valence-electron chi connectivity index (χ0n) is 8.07. The summed E-state index contributed by atoms with van der Waals surface area (Å²) in [6, 6.07) is 4.94. The summed E-state index contributed by atoms with van der Waals surface area (Å²) in [5.41, 5.74) is 0.258. The van der Waals surface area contributed by atoms with Crippen molar-refractivity contribution in [2.24, 2.45) is 5.92 Å². The summed E-state index contributed by atoms with van der Waals surface area (Å²) in [5.74, 6) is 0.484. The molecule has 1 aromatic carbocycles. The van der Waals surface area contributed by atoms with Gasteiger partial charge in [-0.1, -0.05) is 0 Å². The van der Waals surface area contributed by atoms with Gasteiger partial charge >= 0.3 is 5.97 Å². The van der Waals surface area contributed by atoms with Crippen molar-refractivity contribution in [3.8, 4) is 5.75 Å². The number of hydrogen-bond acceptors (Lipinski definition) is 2. The summed E-state index contributed by atoms with van der Waals surface area (Å²) in [4.78, 5) is 10.7. The van der Waals surface area contributed by atoms with Crippen LogP contribution in [0, 0.1) is 5.92 Å². The molecule has 0 aliphatic heterocycles. The van der Waals surface area contributed by atoms with E-state index in [0.29, 0.717) is 10.4 Å². The molecule has 0 amide bonds. The van der Waals surface area contributed by atoms with Gasteiger partial charge in [-0.05, 0) is 52.9 Å². The fraction of sp³-hybridized carbons (Fsp3) is 0.364. The highest BCUT2D eigenvalue weighted by Gasteiger charge is 2.22. The highest BCUT2D eigenvalue weighted by Crippen LogP contribution is 2.30. The van der Waals surface area contributed by atoms with Crippen molar-refractivity contribution in [1.29, 1.82) is 0 Å². The van der Waals surface area contributed by atoms with Gasteiger partial charge in [0.1, 0.15) is 5.75 Å². The van der Waals surface area contributed by atoms with Crippen LogP contribution >= 0.6 is 15.9 Å². The maximum Gasteiger partial charge on any atom is 0.336 e. The Morgan fingerprint density at radius 3 is 2.80 bits per heavy atom. The number of benzene rings is 1. The van der Waals surface area contributed by atoms with Crippen molar-refractivity contribution < 1.29 is 14.6 Å². The van der Waals surface area contributed by atoms with Crippen LogP contribution in [0.1, 0.15) is 23.2 Å². The molecule has 1 aliphatic carbocycles. The zero-order valence-corrected chi connectivity index (χ0v) is 9.66. The number of carboxylic acids is 1. The number of ether oxygens (including phenoxy) is 1. The summed E-state index contributed by atoms with van der Waals surface area (Å²) >= 11 is 3.21. The van der Waals surface area contributed by atoms with Gasteiger partial charge in [0.05, 0.1) is 12.2 Å². The Morgan fingerprint density at radius 1 is 1.53 bits per heavy atom. The predicted octanol–water partition coefficient (Wildman–Crippen LogP) is 2.94. The van der Waals surface area contributed by atoms with Gasteiger partial charge < -0.3 is 9.84 Å². The van der Waals surface area contributed by atoms with E-state index in [2.05, 4.69) is 15.9 Å². The molecule has 3 nitrogen and oxygen atoms in total. The molecule has 15 heavy (non-hydrogen) atoms. The van der Waals surface area contributed by atoms with E-state index >= 15 is 0 Å². The largest absolute Gasteiger partial charge is 0.493 e. The first-order chi connectivity index (χ1) is 7.16. The molecule has 4 heteroatoms. The van der Waals surface area contributed by atoms with E-state index in [-0.39, 0.29) is 5.56 Å². The molecule has 1 aliphatic rings. The van der Waals surface area contributed by atoms with Crippen LogP contribution in [0.2, 0.25) is 0 Å². The maximum atomic E-state index is 10.7. The van der Waals surface area contributed by atoms with Crippen LogP contribution in [0.4, 0.5) is 0 Å². The minimum atomic E-state index is -0.935. The minimum Gasteiger partial charge on any atom is -0.493 e. The molecule has 2 rings (SSSR count). The van der Waals surface area contributed by atoms with Gasteiger partial charge in [0.25, 0.3) is 0 Å². The molecule has 1 fully saturated rings. The van der Waals surface area contributed by atoms with Crippen molar-refractivity contribution >= 4 is 21.9 Å². The van der Waals surface area contributed by atoms with Crippen LogP contribution in [0.3, 0.4) is 0 Å². The van der Waals surface area contributed by atoms with Crippen LogP contribution in [0.5, 0.6) is 5.75 Å². The second-order valence-corrected chi connectivity index (χ2v) is 4.56. The summed E-state index contributed by atoms with van der Waals surface area (Å²) < 4.78 is 6.08. The molecule has 0 unspecified atom stereocenters. The first-order valence-electron chi connectivity index (χ1n) is 4.82. The monoisotopic (exact) mass is 270 g/mol. The fourth-order valence-electron chi connectivity index (χ4n) is 1.26. The number of rotatable bonds is 4. The Labute approximate surface area is 96.2 Å². The first-order valence-corrected chi connectivity index (χ1v) is 5.62. The summed E-state index contributed by atoms with van der Waals surface area (Å²) in [6.07, 6.45) is 2.49. The fourth-order valence-corrected chi connectivity index (χ4v) is 1.79. The Kier molecular flexibility index (Phi) is 2.95. The number of carboxylic acid groups (broad SMARTS) is 1. The Bertz CT molecular complexity index is 385. The first kappa shape index (κ1) is 10.5. The average Bonchev–Trinajstić information content (AvgIpc) is 2.97. The van der Waals surface area contributed by atoms with E-state index < -0.39 is 5.97 Å². The van der Waals surface area contributed by atoms with Crippen molar-refractivity contribution in [3.63, 3.8) is 0 Å². The lowest BCUT2D eigenvalue weighted by Crippen LogP contribution is -2.01. The number of hydrogen-bond donors (Lipinski definition) is 1. The maximum absolute atomic E-state index is 10.7. The molecule has 1 aromatic rings. The molecule has 1 N–H and O–H groups in total. The van der Waals surface area contributed by atoms with Gasteiger partial charge in [-0.3, -0.25) is 0 Å². The lowest BCUT2D eigenvalue weighted by molar-refractivity contribution is 0.0696. The van der Waals surface area contributed by atoms with E-state index in [1.165, 1.54) is 12.8 Å². The van der Waals surface area contributed by atoms with Crippen molar-refractivity contribution in [2.45, 2.75) is 12.8 Å². The van der Waals surface area contributed by atoms with E-state index in [9.17, 15) is 4.79 Å². The lowest BCUT2D eigenvalue weighted by atomic mass is 10.2. The quantitative estimate of drug-likeness (QED) is 0.915. The molecule has 0 spiro atoms. The van der Waals surface area contributed by atoms with Crippen molar-refractivity contribution in [3.05, 3.63) is 28.2 Å².